The summed E-state index contributed by atoms with van der Waals surface area (Å²) in [6.07, 6.45) is 0.303. The lowest BCUT2D eigenvalue weighted by Gasteiger charge is -2.47. The Kier molecular flexibility index (Phi) is 4.95. The number of methoxy groups -OCH3 is 2. The van der Waals surface area contributed by atoms with Crippen LogP contribution in [0.1, 0.15) is 30.4 Å². The van der Waals surface area contributed by atoms with Crippen LogP contribution in [0.3, 0.4) is 0 Å². The molecule has 0 bridgehead atoms. The summed E-state index contributed by atoms with van der Waals surface area (Å²) in [5, 5.41) is 1.48. The van der Waals surface area contributed by atoms with Crippen molar-refractivity contribution in [1.82, 2.24) is 5.43 Å². The Morgan fingerprint density at radius 1 is 1.08 bits per heavy atom. The molecule has 3 rings (SSSR count). The van der Waals surface area contributed by atoms with Gasteiger partial charge in [-0.25, -0.2) is 9.80 Å². The quantitative estimate of drug-likeness (QED) is 0.855. The van der Waals surface area contributed by atoms with E-state index in [-0.39, 0.29) is 11.8 Å². The second-order valence-corrected chi connectivity index (χ2v) is 6.21. The number of carbonyl (C=O) groups excluding carboxylic acids is 2. The molecule has 2 atom stereocenters. The van der Waals surface area contributed by atoms with Crippen molar-refractivity contribution in [2.24, 2.45) is 0 Å². The number of hydrogen-bond acceptors (Lipinski definition) is 5. The predicted octanol–water partition coefficient (Wildman–Crippen LogP) is 2.60. The Morgan fingerprint density at radius 2 is 1.73 bits per heavy atom. The summed E-state index contributed by atoms with van der Waals surface area (Å²) in [4.78, 5) is 24.6. The molecular formula is C20H22N2O4. The van der Waals surface area contributed by atoms with E-state index in [4.69, 9.17) is 9.47 Å². The molecule has 0 spiro atoms. The van der Waals surface area contributed by atoms with Crippen LogP contribution < -0.4 is 10.4 Å². The van der Waals surface area contributed by atoms with Crippen molar-refractivity contribution < 1.29 is 19.1 Å². The highest BCUT2D eigenvalue weighted by molar-refractivity contribution is 5.88. The highest BCUT2D eigenvalue weighted by Gasteiger charge is 2.53. The van der Waals surface area contributed by atoms with Crippen molar-refractivity contribution in [3.8, 4) is 0 Å². The number of nitrogens with zero attached hydrogens (tertiary/aromatic N) is 1. The summed E-state index contributed by atoms with van der Waals surface area (Å²) in [5.41, 5.74) is 4.04. The zero-order chi connectivity index (χ0) is 18.7. The van der Waals surface area contributed by atoms with Crippen molar-refractivity contribution in [2.75, 3.05) is 19.2 Å². The van der Waals surface area contributed by atoms with Gasteiger partial charge in [0.15, 0.2) is 0 Å². The summed E-state index contributed by atoms with van der Waals surface area (Å²) < 4.78 is 10.7. The number of esters is 1. The Bertz CT molecular complexity index is 808. The van der Waals surface area contributed by atoms with Crippen LogP contribution in [-0.2, 0) is 19.1 Å². The number of carbonyl (C=O) groups is 2. The van der Waals surface area contributed by atoms with Crippen LogP contribution in [0.25, 0.3) is 0 Å². The molecular weight excluding hydrogens is 332 g/mol. The number of rotatable bonds is 4. The number of hydrazine groups is 1. The molecule has 26 heavy (non-hydrogen) atoms. The molecule has 0 saturated carbocycles. The van der Waals surface area contributed by atoms with Crippen molar-refractivity contribution in [1.29, 1.82) is 0 Å². The van der Waals surface area contributed by atoms with E-state index >= 15 is 0 Å². The maximum Gasteiger partial charge on any atom is 0.361 e. The SMILES string of the molecule is COC(=O)C1(OC)CC(c2ccccc2)c2ccccc2N1NC(C)=O. The summed E-state index contributed by atoms with van der Waals surface area (Å²) in [5.74, 6) is -0.955. The van der Waals surface area contributed by atoms with Crippen LogP contribution in [-0.4, -0.2) is 31.8 Å². The first kappa shape index (κ1) is 17.9. The van der Waals surface area contributed by atoms with Gasteiger partial charge in [0.25, 0.3) is 5.72 Å². The largest absolute Gasteiger partial charge is 0.465 e. The van der Waals surface area contributed by atoms with Gasteiger partial charge in [0.1, 0.15) is 0 Å². The zero-order valence-corrected chi connectivity index (χ0v) is 15.1. The molecule has 0 fully saturated rings. The van der Waals surface area contributed by atoms with Gasteiger partial charge in [-0.3, -0.25) is 10.2 Å². The number of fused-ring (bicyclic) bond motifs is 1. The molecule has 2 unspecified atom stereocenters. The van der Waals surface area contributed by atoms with Gasteiger partial charge in [0.2, 0.25) is 5.91 Å². The van der Waals surface area contributed by atoms with E-state index in [0.29, 0.717) is 12.1 Å². The molecule has 6 nitrogen and oxygen atoms in total. The highest BCUT2D eigenvalue weighted by atomic mass is 16.6. The van der Waals surface area contributed by atoms with Gasteiger partial charge in [-0.05, 0) is 17.2 Å². The van der Waals surface area contributed by atoms with Gasteiger partial charge in [-0.15, -0.1) is 0 Å². The fourth-order valence-electron chi connectivity index (χ4n) is 3.54. The van der Waals surface area contributed by atoms with Crippen molar-refractivity contribution in [3.05, 3.63) is 65.7 Å². The predicted molar refractivity (Wildman–Crippen MR) is 97.4 cm³/mol. The maximum atomic E-state index is 12.8. The average molecular weight is 354 g/mol. The third-order valence-corrected chi connectivity index (χ3v) is 4.71. The standard InChI is InChI=1S/C20H22N2O4/c1-14(23)21-22-18-12-8-7-11-16(18)17(15-9-5-4-6-10-15)13-20(22,26-3)19(24)25-2/h4-12,17H,13H2,1-3H3,(H,21,23). The first-order chi connectivity index (χ1) is 12.5. The molecule has 6 heteroatoms. The summed E-state index contributed by atoms with van der Waals surface area (Å²) in [6, 6.07) is 17.6. The molecule has 1 amide bonds. The van der Waals surface area contributed by atoms with E-state index in [0.717, 1.165) is 11.1 Å². The molecule has 0 aliphatic carbocycles. The van der Waals surface area contributed by atoms with E-state index in [1.54, 1.807) is 0 Å². The lowest BCUT2D eigenvalue weighted by molar-refractivity contribution is -0.169. The smallest absolute Gasteiger partial charge is 0.361 e. The second-order valence-electron chi connectivity index (χ2n) is 6.21. The molecule has 0 aromatic heterocycles. The normalized spacial score (nSPS) is 21.7. The molecule has 2 aromatic carbocycles. The molecule has 136 valence electrons. The fraction of sp³-hybridized carbons (Fsp3) is 0.300. The average Bonchev–Trinajstić information content (AvgIpc) is 2.68. The zero-order valence-electron chi connectivity index (χ0n) is 15.1. The number of hydrogen-bond donors (Lipinski definition) is 1. The summed E-state index contributed by atoms with van der Waals surface area (Å²) in [6.45, 7) is 1.39. The van der Waals surface area contributed by atoms with Gasteiger partial charge in [-0.1, -0.05) is 48.5 Å². The Balaban J connectivity index is 2.22. The van der Waals surface area contributed by atoms with Gasteiger partial charge in [-0.2, -0.15) is 0 Å². The van der Waals surface area contributed by atoms with Gasteiger partial charge in [0, 0.05) is 26.4 Å². The Labute approximate surface area is 152 Å². The van der Waals surface area contributed by atoms with Crippen molar-refractivity contribution in [3.63, 3.8) is 0 Å². The monoisotopic (exact) mass is 354 g/mol. The van der Waals surface area contributed by atoms with E-state index in [9.17, 15) is 9.59 Å². The molecule has 0 saturated heterocycles. The minimum absolute atomic E-state index is 0.0866. The number of benzene rings is 2. The number of nitrogens with one attached hydrogen (secondary N) is 1. The molecule has 1 aliphatic rings. The minimum atomic E-state index is -1.46. The number of anilines is 1. The Hall–Kier alpha value is -2.86. The Morgan fingerprint density at radius 3 is 2.35 bits per heavy atom. The van der Waals surface area contributed by atoms with Crippen LogP contribution in [0.4, 0.5) is 5.69 Å². The second kappa shape index (κ2) is 7.17. The van der Waals surface area contributed by atoms with Crippen molar-refractivity contribution >= 4 is 17.6 Å². The van der Waals surface area contributed by atoms with Crippen LogP contribution in [0, 0.1) is 0 Å². The molecule has 2 aromatic rings. The maximum absolute atomic E-state index is 12.8. The topological polar surface area (TPSA) is 67.9 Å². The van der Waals surface area contributed by atoms with Crippen molar-refractivity contribution in [2.45, 2.75) is 25.0 Å². The molecule has 1 N–H and O–H groups in total. The third-order valence-electron chi connectivity index (χ3n) is 4.71. The third kappa shape index (κ3) is 2.93. The van der Waals surface area contributed by atoms with Gasteiger partial charge < -0.3 is 9.47 Å². The lowest BCUT2D eigenvalue weighted by atomic mass is 9.80. The van der Waals surface area contributed by atoms with Gasteiger partial charge >= 0.3 is 5.97 Å². The van der Waals surface area contributed by atoms with Crippen LogP contribution >= 0.6 is 0 Å². The van der Waals surface area contributed by atoms with Crippen LogP contribution in [0.2, 0.25) is 0 Å². The number of amides is 1. The number of para-hydroxylation sites is 1. The lowest BCUT2D eigenvalue weighted by Crippen LogP contribution is -2.65. The highest BCUT2D eigenvalue weighted by Crippen LogP contribution is 2.46. The van der Waals surface area contributed by atoms with Crippen LogP contribution in [0.15, 0.2) is 54.6 Å². The van der Waals surface area contributed by atoms with E-state index < -0.39 is 11.7 Å². The molecule has 1 heterocycles. The van der Waals surface area contributed by atoms with Gasteiger partial charge in [0.05, 0.1) is 12.8 Å². The number of ether oxygens (including phenoxy) is 2. The first-order valence-corrected chi connectivity index (χ1v) is 8.38. The molecule has 0 radical (unpaired) electrons. The minimum Gasteiger partial charge on any atom is -0.465 e. The molecule has 1 aliphatic heterocycles. The van der Waals surface area contributed by atoms with E-state index in [2.05, 4.69) is 5.43 Å². The first-order valence-electron chi connectivity index (χ1n) is 8.38. The van der Waals surface area contributed by atoms with E-state index in [1.807, 2.05) is 54.6 Å². The fourth-order valence-corrected chi connectivity index (χ4v) is 3.54. The van der Waals surface area contributed by atoms with E-state index in [1.165, 1.54) is 26.2 Å². The summed E-state index contributed by atoms with van der Waals surface area (Å²) >= 11 is 0. The van der Waals surface area contributed by atoms with Crippen LogP contribution in [0.5, 0.6) is 0 Å². The summed E-state index contributed by atoms with van der Waals surface area (Å²) in [7, 11) is 2.76.